The molecule has 9 heteroatoms. The van der Waals surface area contributed by atoms with Crippen molar-refractivity contribution in [1.82, 2.24) is 4.31 Å². The van der Waals surface area contributed by atoms with Crippen LogP contribution in [-0.4, -0.2) is 44.8 Å². The van der Waals surface area contributed by atoms with Crippen molar-refractivity contribution < 1.29 is 22.7 Å². The van der Waals surface area contributed by atoms with E-state index in [1.165, 1.54) is 47.0 Å². The largest absolute Gasteiger partial charge is 0.465 e. The van der Waals surface area contributed by atoms with E-state index in [0.29, 0.717) is 29.2 Å². The first-order valence-corrected chi connectivity index (χ1v) is 12.8. The fraction of sp³-hybridized carbons (Fsp3) is 0.455. The number of methoxy groups -OCH3 is 1. The third kappa shape index (κ3) is 4.40. The zero-order valence-electron chi connectivity index (χ0n) is 17.5. The lowest BCUT2D eigenvalue weighted by Crippen LogP contribution is -2.27. The molecule has 1 aliphatic heterocycles. The van der Waals surface area contributed by atoms with E-state index in [4.69, 9.17) is 4.74 Å². The molecule has 7 nitrogen and oxygen atoms in total. The number of sulfonamides is 1. The molecule has 1 N–H and O–H groups in total. The van der Waals surface area contributed by atoms with Gasteiger partial charge in [0.15, 0.2) is 0 Å². The fourth-order valence-electron chi connectivity index (χ4n) is 4.18. The summed E-state index contributed by atoms with van der Waals surface area (Å²) >= 11 is 1.43. The van der Waals surface area contributed by atoms with Gasteiger partial charge in [-0.2, -0.15) is 4.31 Å². The highest BCUT2D eigenvalue weighted by Crippen LogP contribution is 2.38. The van der Waals surface area contributed by atoms with E-state index in [1.807, 2.05) is 0 Å². The van der Waals surface area contributed by atoms with E-state index in [9.17, 15) is 18.0 Å². The molecule has 2 aromatic rings. The summed E-state index contributed by atoms with van der Waals surface area (Å²) in [6, 6.07) is 5.95. The van der Waals surface area contributed by atoms with Gasteiger partial charge in [0, 0.05) is 23.5 Å². The molecule has 2 heterocycles. The summed E-state index contributed by atoms with van der Waals surface area (Å²) in [7, 11) is -2.18. The minimum atomic E-state index is -3.52. The van der Waals surface area contributed by atoms with Crippen molar-refractivity contribution in [2.45, 2.75) is 49.8 Å². The molecule has 1 fully saturated rings. The molecule has 0 atom stereocenters. The SMILES string of the molecule is COC(=O)c1c(NC(=O)c2ccc(S(=O)(=O)N3CCCC3)cc2)sc2c1CCCCC2. The number of hydrogen-bond acceptors (Lipinski definition) is 6. The maximum Gasteiger partial charge on any atom is 0.341 e. The summed E-state index contributed by atoms with van der Waals surface area (Å²) in [5.41, 5.74) is 1.77. The Labute approximate surface area is 186 Å². The van der Waals surface area contributed by atoms with Gasteiger partial charge in [0.25, 0.3) is 5.91 Å². The summed E-state index contributed by atoms with van der Waals surface area (Å²) in [6.07, 6.45) is 6.62. The lowest BCUT2D eigenvalue weighted by molar-refractivity contribution is 0.0601. The van der Waals surface area contributed by atoms with Gasteiger partial charge < -0.3 is 10.1 Å². The quantitative estimate of drug-likeness (QED) is 0.538. The number of carbonyl (C=O) groups excluding carboxylic acids is 2. The molecule has 0 unspecified atom stereocenters. The molecule has 31 heavy (non-hydrogen) atoms. The Morgan fingerprint density at radius 2 is 1.68 bits per heavy atom. The highest BCUT2D eigenvalue weighted by atomic mass is 32.2. The second kappa shape index (κ2) is 9.10. The molecule has 1 aromatic carbocycles. The fourth-order valence-corrected chi connectivity index (χ4v) is 6.97. The van der Waals surface area contributed by atoms with Crippen LogP contribution < -0.4 is 5.32 Å². The zero-order chi connectivity index (χ0) is 22.0. The number of hydrogen-bond donors (Lipinski definition) is 1. The molecule has 0 saturated carbocycles. The molecule has 1 saturated heterocycles. The van der Waals surface area contributed by atoms with E-state index < -0.39 is 16.0 Å². The topological polar surface area (TPSA) is 92.8 Å². The maximum absolute atomic E-state index is 12.9. The molecular formula is C22H26N2O5S2. The van der Waals surface area contributed by atoms with Crippen LogP contribution in [0, 0.1) is 0 Å². The molecule has 2 aliphatic rings. The highest BCUT2D eigenvalue weighted by molar-refractivity contribution is 7.89. The van der Waals surface area contributed by atoms with Gasteiger partial charge in [-0.05, 0) is 68.4 Å². The number of aryl methyl sites for hydroxylation is 1. The smallest absolute Gasteiger partial charge is 0.341 e. The number of carbonyl (C=O) groups is 2. The van der Waals surface area contributed by atoms with Crippen LogP contribution in [-0.2, 0) is 27.6 Å². The van der Waals surface area contributed by atoms with Gasteiger partial charge in [-0.15, -0.1) is 11.3 Å². The Kier molecular flexibility index (Phi) is 6.45. The van der Waals surface area contributed by atoms with Crippen LogP contribution in [0.4, 0.5) is 5.00 Å². The van der Waals surface area contributed by atoms with E-state index in [1.54, 1.807) is 0 Å². The molecule has 1 amide bonds. The first-order valence-electron chi connectivity index (χ1n) is 10.6. The summed E-state index contributed by atoms with van der Waals surface area (Å²) in [5.74, 6) is -0.826. The number of thiophene rings is 1. The van der Waals surface area contributed by atoms with Crippen molar-refractivity contribution in [3.63, 3.8) is 0 Å². The predicted octanol–water partition coefficient (Wildman–Crippen LogP) is 3.84. The van der Waals surface area contributed by atoms with Crippen molar-refractivity contribution in [2.24, 2.45) is 0 Å². The molecule has 0 bridgehead atoms. The Hall–Kier alpha value is -2.23. The van der Waals surface area contributed by atoms with Crippen LogP contribution >= 0.6 is 11.3 Å². The number of anilines is 1. The summed E-state index contributed by atoms with van der Waals surface area (Å²) < 4.78 is 31.8. The standard InChI is InChI=1S/C22H26N2O5S2/c1-29-22(26)19-17-7-3-2-4-8-18(17)30-21(19)23-20(25)15-9-11-16(12-10-15)31(27,28)24-13-5-6-14-24/h9-12H,2-8,13-14H2,1H3,(H,23,25). The summed E-state index contributed by atoms with van der Waals surface area (Å²) in [5, 5.41) is 3.35. The highest BCUT2D eigenvalue weighted by Gasteiger charge is 2.28. The number of esters is 1. The van der Waals surface area contributed by atoms with Gasteiger partial charge in [-0.25, -0.2) is 13.2 Å². The average molecular weight is 463 g/mol. The normalized spacial score (nSPS) is 17.1. The van der Waals surface area contributed by atoms with Crippen LogP contribution in [0.5, 0.6) is 0 Å². The molecule has 0 spiro atoms. The molecule has 1 aliphatic carbocycles. The zero-order valence-corrected chi connectivity index (χ0v) is 19.1. The van der Waals surface area contributed by atoms with Gasteiger partial charge in [0.05, 0.1) is 17.6 Å². The van der Waals surface area contributed by atoms with Crippen LogP contribution in [0.2, 0.25) is 0 Å². The van der Waals surface area contributed by atoms with Crippen LogP contribution in [0.1, 0.15) is 63.3 Å². The second-order valence-electron chi connectivity index (χ2n) is 7.85. The first-order chi connectivity index (χ1) is 14.9. The monoisotopic (exact) mass is 462 g/mol. The lowest BCUT2D eigenvalue weighted by atomic mass is 10.1. The van der Waals surface area contributed by atoms with Gasteiger partial charge in [-0.3, -0.25) is 4.79 Å². The van der Waals surface area contributed by atoms with Crippen molar-refractivity contribution in [1.29, 1.82) is 0 Å². The summed E-state index contributed by atoms with van der Waals surface area (Å²) in [4.78, 5) is 26.6. The number of amides is 1. The van der Waals surface area contributed by atoms with Gasteiger partial charge in [-0.1, -0.05) is 6.42 Å². The third-order valence-corrected chi connectivity index (χ3v) is 8.98. The Morgan fingerprint density at radius 3 is 2.35 bits per heavy atom. The number of ether oxygens (including phenoxy) is 1. The lowest BCUT2D eigenvalue weighted by Gasteiger charge is -2.15. The van der Waals surface area contributed by atoms with Crippen molar-refractivity contribution >= 4 is 38.2 Å². The Bertz CT molecular complexity index is 1080. The van der Waals surface area contributed by atoms with E-state index in [-0.39, 0.29) is 10.8 Å². The Balaban J connectivity index is 1.56. The van der Waals surface area contributed by atoms with Crippen molar-refractivity contribution in [2.75, 3.05) is 25.5 Å². The Morgan fingerprint density at radius 1 is 1.00 bits per heavy atom. The number of fused-ring (bicyclic) bond motifs is 1. The molecule has 0 radical (unpaired) electrons. The predicted molar refractivity (Wildman–Crippen MR) is 119 cm³/mol. The first kappa shape index (κ1) is 22.0. The van der Waals surface area contributed by atoms with E-state index in [0.717, 1.165) is 55.4 Å². The maximum atomic E-state index is 12.9. The molecule has 166 valence electrons. The van der Waals surface area contributed by atoms with Crippen LogP contribution in [0.3, 0.4) is 0 Å². The van der Waals surface area contributed by atoms with E-state index in [2.05, 4.69) is 5.32 Å². The van der Waals surface area contributed by atoms with Crippen LogP contribution in [0.25, 0.3) is 0 Å². The van der Waals surface area contributed by atoms with E-state index >= 15 is 0 Å². The van der Waals surface area contributed by atoms with Crippen LogP contribution in [0.15, 0.2) is 29.2 Å². The van der Waals surface area contributed by atoms with Crippen molar-refractivity contribution in [3.8, 4) is 0 Å². The molecule has 4 rings (SSSR count). The second-order valence-corrected chi connectivity index (χ2v) is 10.9. The summed E-state index contributed by atoms with van der Waals surface area (Å²) in [6.45, 7) is 1.06. The number of nitrogens with zero attached hydrogens (tertiary/aromatic N) is 1. The minimum Gasteiger partial charge on any atom is -0.465 e. The number of rotatable bonds is 5. The van der Waals surface area contributed by atoms with Gasteiger partial charge >= 0.3 is 5.97 Å². The number of benzene rings is 1. The molecule has 1 aromatic heterocycles. The minimum absolute atomic E-state index is 0.184. The third-order valence-electron chi connectivity index (χ3n) is 5.86. The van der Waals surface area contributed by atoms with Crippen molar-refractivity contribution in [3.05, 3.63) is 45.8 Å². The number of nitrogens with one attached hydrogen (secondary N) is 1. The van der Waals surface area contributed by atoms with Gasteiger partial charge in [0.2, 0.25) is 10.0 Å². The average Bonchev–Trinajstić information content (AvgIpc) is 3.37. The molecular weight excluding hydrogens is 436 g/mol. The van der Waals surface area contributed by atoms with Gasteiger partial charge in [0.1, 0.15) is 5.00 Å².